The summed E-state index contributed by atoms with van der Waals surface area (Å²) in [4.78, 5) is 15.7. The van der Waals surface area contributed by atoms with Gasteiger partial charge in [-0.2, -0.15) is 0 Å². The third-order valence-corrected chi connectivity index (χ3v) is 7.11. The number of ether oxygens (including phenoxy) is 1. The van der Waals surface area contributed by atoms with E-state index in [2.05, 4.69) is 71.0 Å². The van der Waals surface area contributed by atoms with Crippen molar-refractivity contribution in [1.29, 1.82) is 0 Å². The number of amides is 1. The maximum absolute atomic E-state index is 13.6. The molecule has 0 saturated heterocycles. The summed E-state index contributed by atoms with van der Waals surface area (Å²) in [6.07, 6.45) is 4.69. The summed E-state index contributed by atoms with van der Waals surface area (Å²) in [5.41, 5.74) is 7.07. The van der Waals surface area contributed by atoms with Gasteiger partial charge in [0, 0.05) is 28.6 Å². The molecule has 4 aromatic carbocycles. The lowest BCUT2D eigenvalue weighted by Gasteiger charge is -2.46. The number of carbonyl (C=O) groups is 1. The van der Waals surface area contributed by atoms with Crippen LogP contribution in [-0.2, 0) is 21.6 Å². The first-order chi connectivity index (χ1) is 16.8. The molecule has 0 radical (unpaired) electrons. The molecule has 1 spiro atoms. The molecule has 1 N–H and O–H groups in total. The standard InChI is InChI=1S/C30H22N2O2/c33-29-30(24-13-4-6-15-26(24)31-29)25-14-5-7-16-27(25)32-18-17-22-21(19-20-9-2-1-3-10-20)11-8-12-23(22)28(32)34-30/h1-18,28H,19H2,(H,31,33). The molecule has 0 aliphatic carbocycles. The summed E-state index contributed by atoms with van der Waals surface area (Å²) in [6, 6.07) is 32.8. The monoisotopic (exact) mass is 442 g/mol. The van der Waals surface area contributed by atoms with E-state index in [4.69, 9.17) is 4.74 Å². The molecule has 3 heterocycles. The first-order valence-corrected chi connectivity index (χ1v) is 11.6. The Bertz CT molecular complexity index is 1480. The third-order valence-electron chi connectivity index (χ3n) is 7.11. The number of carbonyl (C=O) groups excluding carboxylic acids is 1. The van der Waals surface area contributed by atoms with Crippen molar-refractivity contribution in [3.63, 3.8) is 0 Å². The fourth-order valence-corrected chi connectivity index (χ4v) is 5.57. The highest BCUT2D eigenvalue weighted by Gasteiger charge is 2.56. The average molecular weight is 443 g/mol. The predicted molar refractivity (Wildman–Crippen MR) is 133 cm³/mol. The van der Waals surface area contributed by atoms with E-state index in [1.165, 1.54) is 11.1 Å². The van der Waals surface area contributed by atoms with Gasteiger partial charge in [0.25, 0.3) is 5.91 Å². The molecule has 2 unspecified atom stereocenters. The van der Waals surface area contributed by atoms with Crippen LogP contribution in [0.1, 0.15) is 39.6 Å². The minimum Gasteiger partial charge on any atom is -0.328 e. The van der Waals surface area contributed by atoms with Crippen LogP contribution in [-0.4, -0.2) is 5.91 Å². The summed E-state index contributed by atoms with van der Waals surface area (Å²) >= 11 is 0. The quantitative estimate of drug-likeness (QED) is 0.414. The van der Waals surface area contributed by atoms with Crippen LogP contribution in [0.15, 0.2) is 103 Å². The summed E-state index contributed by atoms with van der Waals surface area (Å²) in [7, 11) is 0. The van der Waals surface area contributed by atoms with E-state index in [9.17, 15) is 4.79 Å². The number of para-hydroxylation sites is 2. The van der Waals surface area contributed by atoms with E-state index in [1.54, 1.807) is 0 Å². The Morgan fingerprint density at radius 3 is 2.47 bits per heavy atom. The number of anilines is 2. The van der Waals surface area contributed by atoms with Gasteiger partial charge in [-0.25, -0.2) is 0 Å². The van der Waals surface area contributed by atoms with Crippen LogP contribution >= 0.6 is 0 Å². The molecule has 34 heavy (non-hydrogen) atoms. The molecule has 2 atom stereocenters. The zero-order valence-electron chi connectivity index (χ0n) is 18.4. The first kappa shape index (κ1) is 19.3. The molecular weight excluding hydrogens is 420 g/mol. The average Bonchev–Trinajstić information content (AvgIpc) is 3.16. The maximum atomic E-state index is 13.6. The minimum absolute atomic E-state index is 0.141. The zero-order chi connectivity index (χ0) is 22.7. The normalized spacial score (nSPS) is 21.5. The van der Waals surface area contributed by atoms with Gasteiger partial charge in [-0.3, -0.25) is 4.79 Å². The lowest BCUT2D eigenvalue weighted by Crippen LogP contribution is -2.48. The third kappa shape index (κ3) is 2.60. The Morgan fingerprint density at radius 1 is 0.824 bits per heavy atom. The van der Waals surface area contributed by atoms with Crippen LogP contribution in [0.3, 0.4) is 0 Å². The lowest BCUT2D eigenvalue weighted by molar-refractivity contribution is -0.145. The molecule has 164 valence electrons. The van der Waals surface area contributed by atoms with E-state index in [0.717, 1.165) is 40.0 Å². The van der Waals surface area contributed by atoms with Gasteiger partial charge in [0.1, 0.15) is 0 Å². The largest absolute Gasteiger partial charge is 0.328 e. The van der Waals surface area contributed by atoms with Gasteiger partial charge in [0.05, 0.1) is 5.69 Å². The molecular formula is C30H22N2O2. The second kappa shape index (κ2) is 7.17. The van der Waals surface area contributed by atoms with Crippen LogP contribution in [0.5, 0.6) is 0 Å². The van der Waals surface area contributed by atoms with Gasteiger partial charge in [-0.1, -0.05) is 84.9 Å². The number of hydrogen-bond donors (Lipinski definition) is 1. The Morgan fingerprint density at radius 2 is 1.59 bits per heavy atom. The molecule has 7 rings (SSSR count). The number of fused-ring (bicyclic) bond motifs is 8. The molecule has 4 nitrogen and oxygen atoms in total. The fraction of sp³-hybridized carbons (Fsp3) is 0.100. The van der Waals surface area contributed by atoms with Crippen LogP contribution in [0, 0.1) is 0 Å². The van der Waals surface area contributed by atoms with Crippen molar-refractivity contribution in [2.24, 2.45) is 0 Å². The van der Waals surface area contributed by atoms with E-state index in [-0.39, 0.29) is 5.91 Å². The van der Waals surface area contributed by atoms with E-state index in [1.807, 2.05) is 48.5 Å². The van der Waals surface area contributed by atoms with Gasteiger partial charge in [0.2, 0.25) is 5.60 Å². The van der Waals surface area contributed by atoms with Crippen molar-refractivity contribution in [2.75, 3.05) is 10.2 Å². The molecule has 4 heteroatoms. The number of benzene rings is 4. The first-order valence-electron chi connectivity index (χ1n) is 11.6. The highest BCUT2D eigenvalue weighted by molar-refractivity contribution is 6.08. The number of rotatable bonds is 2. The highest BCUT2D eigenvalue weighted by Crippen LogP contribution is 2.55. The van der Waals surface area contributed by atoms with Crippen molar-refractivity contribution in [3.05, 3.63) is 137 Å². The van der Waals surface area contributed by atoms with Gasteiger partial charge in [-0.15, -0.1) is 0 Å². The molecule has 0 aromatic heterocycles. The van der Waals surface area contributed by atoms with Gasteiger partial charge in [-0.05, 0) is 41.3 Å². The molecule has 3 aliphatic rings. The molecule has 0 bridgehead atoms. The van der Waals surface area contributed by atoms with Crippen molar-refractivity contribution in [2.45, 2.75) is 18.2 Å². The zero-order valence-corrected chi connectivity index (χ0v) is 18.4. The topological polar surface area (TPSA) is 41.6 Å². The van der Waals surface area contributed by atoms with Gasteiger partial charge in [0.15, 0.2) is 6.23 Å². The number of hydrogen-bond acceptors (Lipinski definition) is 3. The van der Waals surface area contributed by atoms with Crippen molar-refractivity contribution in [1.82, 2.24) is 0 Å². The van der Waals surface area contributed by atoms with E-state index < -0.39 is 11.8 Å². The Kier molecular flexibility index (Phi) is 4.08. The highest BCUT2D eigenvalue weighted by atomic mass is 16.5. The van der Waals surface area contributed by atoms with Crippen LogP contribution in [0.25, 0.3) is 6.08 Å². The molecule has 0 saturated carbocycles. The Balaban J connectivity index is 1.41. The van der Waals surface area contributed by atoms with Crippen LogP contribution in [0.2, 0.25) is 0 Å². The second-order valence-corrected chi connectivity index (χ2v) is 8.97. The van der Waals surface area contributed by atoms with E-state index >= 15 is 0 Å². The SMILES string of the molecule is O=C1Nc2ccccc2C12OC1c3cccc(Cc4ccccc4)c3C=CN1c1ccccc12. The number of nitrogens with zero attached hydrogens (tertiary/aromatic N) is 1. The summed E-state index contributed by atoms with van der Waals surface area (Å²) in [5, 5.41) is 3.06. The molecule has 3 aliphatic heterocycles. The Labute approximate surface area is 198 Å². The molecule has 4 aromatic rings. The summed E-state index contributed by atoms with van der Waals surface area (Å²) < 4.78 is 6.90. The minimum atomic E-state index is -1.19. The van der Waals surface area contributed by atoms with Crippen molar-refractivity contribution >= 4 is 23.4 Å². The molecule has 1 amide bonds. The molecule has 0 fully saturated rings. The second-order valence-electron chi connectivity index (χ2n) is 8.97. The van der Waals surface area contributed by atoms with E-state index in [0.29, 0.717) is 0 Å². The van der Waals surface area contributed by atoms with Crippen molar-refractivity contribution in [3.8, 4) is 0 Å². The predicted octanol–water partition coefficient (Wildman–Crippen LogP) is 5.99. The fourth-order valence-electron chi connectivity index (χ4n) is 5.57. The maximum Gasteiger partial charge on any atom is 0.266 e. The smallest absolute Gasteiger partial charge is 0.266 e. The van der Waals surface area contributed by atoms with Gasteiger partial charge < -0.3 is 15.0 Å². The summed E-state index contributed by atoms with van der Waals surface area (Å²) in [6.45, 7) is 0. The van der Waals surface area contributed by atoms with Crippen LogP contribution in [0.4, 0.5) is 11.4 Å². The Hall–Kier alpha value is -4.15. The number of nitrogens with one attached hydrogen (secondary N) is 1. The summed E-state index contributed by atoms with van der Waals surface area (Å²) in [5.74, 6) is -0.141. The van der Waals surface area contributed by atoms with Gasteiger partial charge >= 0.3 is 0 Å². The lowest BCUT2D eigenvalue weighted by atomic mass is 9.83. The van der Waals surface area contributed by atoms with Crippen molar-refractivity contribution < 1.29 is 9.53 Å². The van der Waals surface area contributed by atoms with Crippen LogP contribution < -0.4 is 10.2 Å².